The quantitative estimate of drug-likeness (QED) is 0.836. The monoisotopic (exact) mass is 390 g/mol. The molecule has 0 spiro atoms. The molecule has 1 heterocycles. The summed E-state index contributed by atoms with van der Waals surface area (Å²) in [5.74, 6) is 0.267. The third-order valence-corrected chi connectivity index (χ3v) is 5.13. The topological polar surface area (TPSA) is 26.7 Å². The van der Waals surface area contributed by atoms with Gasteiger partial charge in [0.2, 0.25) is 0 Å². The van der Waals surface area contributed by atoms with Gasteiger partial charge in [-0.25, -0.2) is 0 Å². The van der Waals surface area contributed by atoms with Gasteiger partial charge < -0.3 is 5.11 Å². The van der Waals surface area contributed by atoms with Gasteiger partial charge in [0.1, 0.15) is 5.75 Å². The number of hydrogen-bond donors (Lipinski definition) is 1. The first-order valence-corrected chi connectivity index (χ1v) is 8.08. The van der Waals surface area contributed by atoms with Crippen molar-refractivity contribution in [3.05, 3.63) is 26.6 Å². The lowest BCUT2D eigenvalue weighted by Gasteiger charge is -2.42. The number of halogens is 2. The van der Waals surface area contributed by atoms with Crippen LogP contribution in [0.4, 0.5) is 0 Å². The normalized spacial score (nSPS) is 25.7. The molecule has 1 fully saturated rings. The summed E-state index contributed by atoms with van der Waals surface area (Å²) >= 11 is 6.78. The Kier molecular flexibility index (Phi) is 4.93. The molecule has 1 aliphatic heterocycles. The van der Waals surface area contributed by atoms with E-state index in [1.807, 2.05) is 12.1 Å². The van der Waals surface area contributed by atoms with Crippen molar-refractivity contribution in [1.29, 1.82) is 0 Å². The molecular weight excluding hydrogens is 372 g/mol. The smallest absolute Gasteiger partial charge is 0.143 e. The molecule has 19 heavy (non-hydrogen) atoms. The van der Waals surface area contributed by atoms with Crippen molar-refractivity contribution < 1.29 is 5.11 Å². The second kappa shape index (κ2) is 6.12. The van der Waals surface area contributed by atoms with E-state index in [2.05, 4.69) is 62.6 Å². The maximum absolute atomic E-state index is 9.74. The zero-order chi connectivity index (χ0) is 14.2. The van der Waals surface area contributed by atoms with Crippen LogP contribution < -0.4 is 0 Å². The van der Waals surface area contributed by atoms with Gasteiger partial charge in [0.25, 0.3) is 0 Å². The van der Waals surface area contributed by atoms with Crippen LogP contribution in [-0.4, -0.2) is 47.1 Å². The minimum absolute atomic E-state index is 0.267. The van der Waals surface area contributed by atoms with Gasteiger partial charge in [0.05, 0.1) is 8.95 Å². The van der Waals surface area contributed by atoms with Crippen LogP contribution in [0.5, 0.6) is 5.75 Å². The molecule has 2 unspecified atom stereocenters. The average Bonchev–Trinajstić information content (AvgIpc) is 2.33. The number of piperazine rings is 1. The number of hydrogen-bond acceptors (Lipinski definition) is 3. The summed E-state index contributed by atoms with van der Waals surface area (Å²) in [4.78, 5) is 4.90. The molecule has 0 saturated carbocycles. The Labute approximate surface area is 131 Å². The maximum Gasteiger partial charge on any atom is 0.143 e. The second-order valence-corrected chi connectivity index (χ2v) is 7.17. The molecule has 2 atom stereocenters. The standard InChI is InChI=1S/C14H20Br2N2O/c1-9-6-18(7-10(2)17(9)3)8-11-4-12(15)14(19)13(16)5-11/h4-5,9-10,19H,6-8H2,1-3H3. The highest BCUT2D eigenvalue weighted by molar-refractivity contribution is 9.11. The molecule has 0 radical (unpaired) electrons. The Morgan fingerprint density at radius 2 is 1.63 bits per heavy atom. The molecule has 3 nitrogen and oxygen atoms in total. The van der Waals surface area contributed by atoms with Crippen molar-refractivity contribution in [3.8, 4) is 5.75 Å². The predicted molar refractivity (Wildman–Crippen MR) is 85.5 cm³/mol. The fourth-order valence-corrected chi connectivity index (χ4v) is 3.89. The van der Waals surface area contributed by atoms with Crippen molar-refractivity contribution in [2.75, 3.05) is 20.1 Å². The van der Waals surface area contributed by atoms with E-state index >= 15 is 0 Å². The maximum atomic E-state index is 9.74. The minimum atomic E-state index is 0.267. The van der Waals surface area contributed by atoms with Gasteiger partial charge in [-0.15, -0.1) is 0 Å². The zero-order valence-corrected chi connectivity index (χ0v) is 14.7. The summed E-state index contributed by atoms with van der Waals surface area (Å²) in [7, 11) is 2.19. The van der Waals surface area contributed by atoms with Crippen LogP contribution in [0.3, 0.4) is 0 Å². The highest BCUT2D eigenvalue weighted by Gasteiger charge is 2.26. The van der Waals surface area contributed by atoms with Crippen LogP contribution in [0, 0.1) is 0 Å². The zero-order valence-electron chi connectivity index (χ0n) is 11.5. The van der Waals surface area contributed by atoms with Crippen LogP contribution in [0.2, 0.25) is 0 Å². The fourth-order valence-electron chi connectivity index (χ4n) is 2.61. The number of phenols is 1. The van der Waals surface area contributed by atoms with Gasteiger partial charge in [-0.1, -0.05) is 0 Å². The molecular formula is C14H20Br2N2O. The third kappa shape index (κ3) is 3.51. The fraction of sp³-hybridized carbons (Fsp3) is 0.571. The predicted octanol–water partition coefficient (Wildman–Crippen LogP) is 3.44. The van der Waals surface area contributed by atoms with E-state index in [-0.39, 0.29) is 5.75 Å². The van der Waals surface area contributed by atoms with Gasteiger partial charge in [0, 0.05) is 31.7 Å². The van der Waals surface area contributed by atoms with Gasteiger partial charge in [0.15, 0.2) is 0 Å². The first-order valence-electron chi connectivity index (χ1n) is 6.49. The molecule has 1 aromatic rings. The number of nitrogens with zero attached hydrogens (tertiary/aromatic N) is 2. The molecule has 2 rings (SSSR count). The molecule has 1 N–H and O–H groups in total. The first-order chi connectivity index (χ1) is 8.88. The number of aromatic hydroxyl groups is 1. The van der Waals surface area contributed by atoms with E-state index in [1.165, 1.54) is 5.56 Å². The van der Waals surface area contributed by atoms with Crippen LogP contribution in [-0.2, 0) is 6.54 Å². The van der Waals surface area contributed by atoms with Gasteiger partial charge in [-0.05, 0) is 70.5 Å². The Bertz CT molecular complexity index is 432. The van der Waals surface area contributed by atoms with Gasteiger partial charge in [-0.3, -0.25) is 9.80 Å². The Morgan fingerprint density at radius 1 is 1.16 bits per heavy atom. The van der Waals surface area contributed by atoms with Gasteiger partial charge >= 0.3 is 0 Å². The summed E-state index contributed by atoms with van der Waals surface area (Å²) in [6.07, 6.45) is 0. The molecule has 5 heteroatoms. The summed E-state index contributed by atoms with van der Waals surface area (Å²) < 4.78 is 1.49. The van der Waals surface area contributed by atoms with Crippen molar-refractivity contribution in [1.82, 2.24) is 9.80 Å². The van der Waals surface area contributed by atoms with Crippen molar-refractivity contribution >= 4 is 31.9 Å². The van der Waals surface area contributed by atoms with Crippen molar-refractivity contribution in [2.24, 2.45) is 0 Å². The van der Waals surface area contributed by atoms with E-state index in [1.54, 1.807) is 0 Å². The highest BCUT2D eigenvalue weighted by Crippen LogP contribution is 2.33. The van der Waals surface area contributed by atoms with Crippen molar-refractivity contribution in [2.45, 2.75) is 32.5 Å². The largest absolute Gasteiger partial charge is 0.506 e. The minimum Gasteiger partial charge on any atom is -0.506 e. The highest BCUT2D eigenvalue weighted by atomic mass is 79.9. The number of likely N-dealkylation sites (N-methyl/N-ethyl adjacent to an activating group) is 1. The molecule has 1 saturated heterocycles. The molecule has 0 amide bonds. The van der Waals surface area contributed by atoms with E-state index in [4.69, 9.17) is 0 Å². The molecule has 0 bridgehead atoms. The lowest BCUT2D eigenvalue weighted by atomic mass is 10.1. The average molecular weight is 392 g/mol. The molecule has 1 aliphatic rings. The van der Waals surface area contributed by atoms with Crippen LogP contribution >= 0.6 is 31.9 Å². The summed E-state index contributed by atoms with van der Waals surface area (Å²) in [6, 6.07) is 5.14. The Morgan fingerprint density at radius 3 is 2.11 bits per heavy atom. The van der Waals surface area contributed by atoms with E-state index in [0.717, 1.165) is 28.6 Å². The SMILES string of the molecule is CC1CN(Cc2cc(Br)c(O)c(Br)c2)CC(C)N1C. The number of phenolic OH excluding ortho intramolecular Hbond substituents is 1. The number of rotatable bonds is 2. The van der Waals surface area contributed by atoms with Crippen LogP contribution in [0.1, 0.15) is 19.4 Å². The second-order valence-electron chi connectivity index (χ2n) is 5.47. The van der Waals surface area contributed by atoms with Gasteiger partial charge in [-0.2, -0.15) is 0 Å². The number of benzene rings is 1. The lowest BCUT2D eigenvalue weighted by molar-refractivity contribution is 0.0556. The van der Waals surface area contributed by atoms with Crippen LogP contribution in [0.15, 0.2) is 21.1 Å². The Hall–Kier alpha value is -0.100. The van der Waals surface area contributed by atoms with Crippen molar-refractivity contribution in [3.63, 3.8) is 0 Å². The van der Waals surface area contributed by atoms with E-state index < -0.39 is 0 Å². The molecule has 106 valence electrons. The summed E-state index contributed by atoms with van der Waals surface area (Å²) in [5, 5.41) is 9.74. The van der Waals surface area contributed by atoms with E-state index in [0.29, 0.717) is 12.1 Å². The molecule has 0 aromatic heterocycles. The summed E-state index contributed by atoms with van der Waals surface area (Å²) in [6.45, 7) is 7.62. The van der Waals surface area contributed by atoms with E-state index in [9.17, 15) is 5.11 Å². The van der Waals surface area contributed by atoms with Crippen LogP contribution in [0.25, 0.3) is 0 Å². The first kappa shape index (κ1) is 15.3. The summed E-state index contributed by atoms with van der Waals surface area (Å²) in [5.41, 5.74) is 1.21. The lowest BCUT2D eigenvalue weighted by Crippen LogP contribution is -2.54. The molecule has 1 aromatic carbocycles. The third-order valence-electron chi connectivity index (χ3n) is 3.92. The molecule has 0 aliphatic carbocycles. The Balaban J connectivity index is 2.09.